The molecule has 1 aromatic heterocycles. The zero-order chi connectivity index (χ0) is 22.0. The Morgan fingerprint density at radius 2 is 2.13 bits per heavy atom. The van der Waals surface area contributed by atoms with E-state index >= 15 is 0 Å². The van der Waals surface area contributed by atoms with Crippen LogP contribution < -0.4 is 9.47 Å². The third-order valence-electron chi connectivity index (χ3n) is 5.38. The summed E-state index contributed by atoms with van der Waals surface area (Å²) in [6, 6.07) is 10.6. The van der Waals surface area contributed by atoms with Gasteiger partial charge in [-0.1, -0.05) is 12.1 Å². The SMILES string of the molecule is CCOc1cc(C(=O)N2CCC[C@H](c3nc4ccccc4s3)C2)c([N+](=O)[O-])cc1OC. The fourth-order valence-electron chi connectivity index (χ4n) is 3.90. The third-order valence-corrected chi connectivity index (χ3v) is 6.58. The molecule has 4 rings (SSSR count). The standard InChI is InChI=1S/C22H23N3O5S/c1-3-30-19-11-15(17(25(27)28)12-18(19)29-2)22(26)24-10-6-7-14(13-24)21-23-16-8-4-5-9-20(16)31-21/h4-5,8-9,11-12,14H,3,6-7,10,13H2,1-2H3/t14-/m0/s1. The fourth-order valence-corrected chi connectivity index (χ4v) is 4.99. The highest BCUT2D eigenvalue weighted by Crippen LogP contribution is 2.37. The Bertz CT molecular complexity index is 1100. The lowest BCUT2D eigenvalue weighted by atomic mass is 9.97. The highest BCUT2D eigenvalue weighted by atomic mass is 32.1. The Morgan fingerprint density at radius 1 is 1.32 bits per heavy atom. The van der Waals surface area contributed by atoms with Crippen molar-refractivity contribution >= 4 is 33.1 Å². The topological polar surface area (TPSA) is 94.8 Å². The van der Waals surface area contributed by atoms with Crippen LogP contribution in [0.2, 0.25) is 0 Å². The number of carbonyl (C=O) groups excluding carboxylic acids is 1. The molecule has 0 unspecified atom stereocenters. The molecule has 0 aliphatic carbocycles. The summed E-state index contributed by atoms with van der Waals surface area (Å²) in [5.41, 5.74) is 0.685. The molecule has 162 valence electrons. The molecule has 31 heavy (non-hydrogen) atoms. The number of hydrogen-bond acceptors (Lipinski definition) is 7. The van der Waals surface area contributed by atoms with Crippen LogP contribution in [0.5, 0.6) is 11.5 Å². The van der Waals surface area contributed by atoms with E-state index in [9.17, 15) is 14.9 Å². The minimum absolute atomic E-state index is 0.0131. The normalized spacial score (nSPS) is 16.3. The molecular weight excluding hydrogens is 418 g/mol. The van der Waals surface area contributed by atoms with Crippen molar-refractivity contribution < 1.29 is 19.2 Å². The van der Waals surface area contributed by atoms with E-state index in [-0.39, 0.29) is 28.8 Å². The molecule has 0 saturated carbocycles. The highest BCUT2D eigenvalue weighted by Gasteiger charge is 2.32. The van der Waals surface area contributed by atoms with Crippen LogP contribution in [0.15, 0.2) is 36.4 Å². The number of thiazole rings is 1. The van der Waals surface area contributed by atoms with Crippen molar-refractivity contribution in [1.82, 2.24) is 9.88 Å². The number of nitrogens with zero attached hydrogens (tertiary/aromatic N) is 3. The van der Waals surface area contributed by atoms with Crippen LogP contribution in [0.25, 0.3) is 10.2 Å². The van der Waals surface area contributed by atoms with Crippen molar-refractivity contribution in [3.63, 3.8) is 0 Å². The summed E-state index contributed by atoms with van der Waals surface area (Å²) < 4.78 is 11.9. The van der Waals surface area contributed by atoms with Gasteiger partial charge in [0.2, 0.25) is 0 Å². The van der Waals surface area contributed by atoms with Gasteiger partial charge >= 0.3 is 0 Å². The summed E-state index contributed by atoms with van der Waals surface area (Å²) in [6.07, 6.45) is 1.74. The van der Waals surface area contributed by atoms with Crippen molar-refractivity contribution in [2.24, 2.45) is 0 Å². The number of nitro groups is 1. The first kappa shape index (κ1) is 21.0. The van der Waals surface area contributed by atoms with Crippen molar-refractivity contribution in [2.75, 3.05) is 26.8 Å². The van der Waals surface area contributed by atoms with E-state index in [0.717, 1.165) is 28.1 Å². The van der Waals surface area contributed by atoms with E-state index in [1.165, 1.54) is 19.2 Å². The molecule has 0 bridgehead atoms. The van der Waals surface area contributed by atoms with E-state index in [1.807, 2.05) is 24.3 Å². The predicted molar refractivity (Wildman–Crippen MR) is 118 cm³/mol. The van der Waals surface area contributed by atoms with Gasteiger partial charge in [0.15, 0.2) is 11.5 Å². The van der Waals surface area contributed by atoms with Gasteiger partial charge in [0, 0.05) is 25.1 Å². The summed E-state index contributed by atoms with van der Waals surface area (Å²) in [5.74, 6) is 0.287. The van der Waals surface area contributed by atoms with Crippen molar-refractivity contribution in [2.45, 2.75) is 25.7 Å². The number of ether oxygens (including phenoxy) is 2. The maximum atomic E-state index is 13.3. The molecule has 3 aromatic rings. The first-order valence-corrected chi connectivity index (χ1v) is 11.0. The second kappa shape index (κ2) is 8.89. The number of nitro benzene ring substituents is 1. The van der Waals surface area contributed by atoms with Crippen LogP contribution in [-0.4, -0.2) is 47.5 Å². The molecule has 1 amide bonds. The van der Waals surface area contributed by atoms with Crippen molar-refractivity contribution in [3.8, 4) is 11.5 Å². The zero-order valence-electron chi connectivity index (χ0n) is 17.4. The molecule has 1 aliphatic heterocycles. The lowest BCUT2D eigenvalue weighted by Gasteiger charge is -2.32. The number of carbonyl (C=O) groups is 1. The highest BCUT2D eigenvalue weighted by molar-refractivity contribution is 7.18. The van der Waals surface area contributed by atoms with Crippen LogP contribution in [0.4, 0.5) is 5.69 Å². The molecular formula is C22H23N3O5S. The molecule has 2 heterocycles. The summed E-state index contributed by atoms with van der Waals surface area (Å²) in [4.78, 5) is 30.9. The lowest BCUT2D eigenvalue weighted by Crippen LogP contribution is -2.39. The summed E-state index contributed by atoms with van der Waals surface area (Å²) >= 11 is 1.64. The molecule has 1 aliphatic rings. The summed E-state index contributed by atoms with van der Waals surface area (Å²) in [7, 11) is 1.41. The van der Waals surface area contributed by atoms with Gasteiger partial charge in [-0.05, 0) is 31.9 Å². The minimum atomic E-state index is -0.555. The average molecular weight is 442 g/mol. The molecule has 1 saturated heterocycles. The monoisotopic (exact) mass is 441 g/mol. The number of para-hydroxylation sites is 1. The zero-order valence-corrected chi connectivity index (χ0v) is 18.2. The van der Waals surface area contributed by atoms with Crippen molar-refractivity contribution in [3.05, 3.63) is 57.1 Å². The van der Waals surface area contributed by atoms with Crippen LogP contribution in [0.3, 0.4) is 0 Å². The van der Waals surface area contributed by atoms with Crippen LogP contribution in [0.1, 0.15) is 41.0 Å². The Kier molecular flexibility index (Phi) is 6.03. The van der Waals surface area contributed by atoms with Gasteiger partial charge in [-0.3, -0.25) is 14.9 Å². The number of benzene rings is 2. The fraction of sp³-hybridized carbons (Fsp3) is 0.364. The van der Waals surface area contributed by atoms with Gasteiger partial charge < -0.3 is 14.4 Å². The molecule has 0 radical (unpaired) electrons. The maximum Gasteiger partial charge on any atom is 0.286 e. The number of fused-ring (bicyclic) bond motifs is 1. The predicted octanol–water partition coefficient (Wildman–Crippen LogP) is 4.63. The third kappa shape index (κ3) is 4.18. The van der Waals surface area contributed by atoms with E-state index in [4.69, 9.17) is 14.5 Å². The van der Waals surface area contributed by atoms with E-state index in [0.29, 0.717) is 25.4 Å². The minimum Gasteiger partial charge on any atom is -0.493 e. The summed E-state index contributed by atoms with van der Waals surface area (Å²) in [5, 5.41) is 12.7. The van der Waals surface area contributed by atoms with Crippen molar-refractivity contribution in [1.29, 1.82) is 0 Å². The average Bonchev–Trinajstić information content (AvgIpc) is 3.23. The van der Waals surface area contributed by atoms with Crippen LogP contribution in [-0.2, 0) is 0 Å². The molecule has 9 heteroatoms. The van der Waals surface area contributed by atoms with Gasteiger partial charge in [-0.25, -0.2) is 4.98 Å². The number of aromatic nitrogens is 1. The molecule has 0 spiro atoms. The van der Waals surface area contributed by atoms with Gasteiger partial charge in [0.1, 0.15) is 5.56 Å². The number of methoxy groups -OCH3 is 1. The largest absolute Gasteiger partial charge is 0.493 e. The summed E-state index contributed by atoms with van der Waals surface area (Å²) in [6.45, 7) is 3.18. The molecule has 1 fully saturated rings. The number of amides is 1. The Balaban J connectivity index is 1.63. The smallest absolute Gasteiger partial charge is 0.286 e. The van der Waals surface area contributed by atoms with E-state index < -0.39 is 4.92 Å². The van der Waals surface area contributed by atoms with E-state index in [2.05, 4.69) is 0 Å². The number of piperidine rings is 1. The van der Waals surface area contributed by atoms with E-state index in [1.54, 1.807) is 23.2 Å². The number of hydrogen-bond donors (Lipinski definition) is 0. The first-order valence-electron chi connectivity index (χ1n) is 10.2. The second-order valence-electron chi connectivity index (χ2n) is 7.32. The quantitative estimate of drug-likeness (QED) is 0.409. The first-order chi connectivity index (χ1) is 15.0. The van der Waals surface area contributed by atoms with Gasteiger partial charge in [0.05, 0.1) is 39.9 Å². The number of rotatable bonds is 6. The van der Waals surface area contributed by atoms with Gasteiger partial charge in [-0.2, -0.15) is 0 Å². The maximum absolute atomic E-state index is 13.3. The van der Waals surface area contributed by atoms with Crippen LogP contribution >= 0.6 is 11.3 Å². The van der Waals surface area contributed by atoms with Crippen LogP contribution in [0, 0.1) is 10.1 Å². The molecule has 0 N–H and O–H groups in total. The Morgan fingerprint density at radius 3 is 2.84 bits per heavy atom. The van der Waals surface area contributed by atoms with Gasteiger partial charge in [0.25, 0.3) is 11.6 Å². The number of likely N-dealkylation sites (tertiary alicyclic amines) is 1. The second-order valence-corrected chi connectivity index (χ2v) is 8.38. The lowest BCUT2D eigenvalue weighted by molar-refractivity contribution is -0.385. The Hall–Kier alpha value is -3.20. The molecule has 2 aromatic carbocycles. The Labute approximate surface area is 183 Å². The molecule has 8 nitrogen and oxygen atoms in total. The van der Waals surface area contributed by atoms with Gasteiger partial charge in [-0.15, -0.1) is 11.3 Å². The molecule has 1 atom stereocenters.